The molecule has 2 rings (SSSR count). The van der Waals surface area contributed by atoms with E-state index in [1.807, 2.05) is 24.3 Å². The topological polar surface area (TPSA) is 18.5 Å². The van der Waals surface area contributed by atoms with Crippen molar-refractivity contribution in [1.29, 1.82) is 0 Å². The van der Waals surface area contributed by atoms with Crippen molar-refractivity contribution in [3.05, 3.63) is 36.1 Å². The molecule has 1 aliphatic rings. The minimum Gasteiger partial charge on any atom is -0.497 e. The first-order valence-electron chi connectivity index (χ1n) is 5.39. The third-order valence-corrected chi connectivity index (χ3v) is 2.56. The van der Waals surface area contributed by atoms with Gasteiger partial charge in [-0.05, 0) is 49.6 Å². The second kappa shape index (κ2) is 4.87. The zero-order chi connectivity index (χ0) is 10.5. The Bertz CT molecular complexity index is 338. The molecule has 2 nitrogen and oxygen atoms in total. The van der Waals surface area contributed by atoms with E-state index in [-0.39, 0.29) is 0 Å². The minimum absolute atomic E-state index is 0.861. The Hall–Kier alpha value is -1.44. The monoisotopic (exact) mass is 204 g/mol. The van der Waals surface area contributed by atoms with Crippen molar-refractivity contribution in [2.24, 2.45) is 0 Å². The summed E-state index contributed by atoms with van der Waals surface area (Å²) in [5.41, 5.74) is 0. The van der Waals surface area contributed by atoms with Gasteiger partial charge >= 0.3 is 0 Å². The van der Waals surface area contributed by atoms with Crippen LogP contribution in [0.4, 0.5) is 0 Å². The predicted molar refractivity (Wildman–Crippen MR) is 60.2 cm³/mol. The second-order valence-electron chi connectivity index (χ2n) is 3.69. The van der Waals surface area contributed by atoms with Crippen molar-refractivity contribution in [3.63, 3.8) is 0 Å². The number of ether oxygens (including phenoxy) is 2. The lowest BCUT2D eigenvalue weighted by Crippen LogP contribution is -1.99. The second-order valence-corrected chi connectivity index (χ2v) is 3.69. The Balaban J connectivity index is 2.00. The van der Waals surface area contributed by atoms with Crippen LogP contribution in [0.5, 0.6) is 11.5 Å². The molecule has 1 aromatic carbocycles. The molecular formula is C13H16O2. The molecule has 0 saturated carbocycles. The van der Waals surface area contributed by atoms with Gasteiger partial charge in [-0.1, -0.05) is 0 Å². The smallest absolute Gasteiger partial charge is 0.127 e. The van der Waals surface area contributed by atoms with Crippen molar-refractivity contribution in [2.75, 3.05) is 7.11 Å². The molecule has 0 spiro atoms. The molecule has 0 atom stereocenters. The van der Waals surface area contributed by atoms with Crippen LogP contribution in [0.3, 0.4) is 0 Å². The Kier molecular flexibility index (Phi) is 3.28. The van der Waals surface area contributed by atoms with Crippen LogP contribution in [-0.2, 0) is 0 Å². The molecule has 0 bridgehead atoms. The van der Waals surface area contributed by atoms with Gasteiger partial charge in [-0.25, -0.2) is 0 Å². The van der Waals surface area contributed by atoms with E-state index in [9.17, 15) is 0 Å². The fourth-order valence-electron chi connectivity index (χ4n) is 1.70. The number of hydrogen-bond acceptors (Lipinski definition) is 2. The summed E-state index contributed by atoms with van der Waals surface area (Å²) in [4.78, 5) is 0. The van der Waals surface area contributed by atoms with E-state index < -0.39 is 0 Å². The van der Waals surface area contributed by atoms with Gasteiger partial charge in [0, 0.05) is 6.42 Å². The van der Waals surface area contributed by atoms with Crippen molar-refractivity contribution in [1.82, 2.24) is 0 Å². The van der Waals surface area contributed by atoms with Crippen LogP contribution >= 0.6 is 0 Å². The molecule has 0 aliphatic heterocycles. The van der Waals surface area contributed by atoms with Gasteiger partial charge in [0.25, 0.3) is 0 Å². The molecule has 0 N–H and O–H groups in total. The first kappa shape index (κ1) is 10.1. The van der Waals surface area contributed by atoms with E-state index >= 15 is 0 Å². The highest BCUT2D eigenvalue weighted by molar-refractivity contribution is 5.32. The number of rotatable bonds is 3. The maximum atomic E-state index is 5.76. The van der Waals surface area contributed by atoms with Gasteiger partial charge in [0.1, 0.15) is 17.3 Å². The molecule has 2 heteroatoms. The fourth-order valence-corrected chi connectivity index (χ4v) is 1.70. The van der Waals surface area contributed by atoms with Gasteiger partial charge in [0.2, 0.25) is 0 Å². The van der Waals surface area contributed by atoms with E-state index in [2.05, 4.69) is 6.08 Å². The first-order valence-corrected chi connectivity index (χ1v) is 5.39. The number of methoxy groups -OCH3 is 1. The summed E-state index contributed by atoms with van der Waals surface area (Å²) in [7, 11) is 1.67. The summed E-state index contributed by atoms with van der Waals surface area (Å²) in [6, 6.07) is 7.71. The van der Waals surface area contributed by atoms with Crippen molar-refractivity contribution >= 4 is 0 Å². The van der Waals surface area contributed by atoms with Gasteiger partial charge in [-0.15, -0.1) is 0 Å². The highest BCUT2D eigenvalue weighted by atomic mass is 16.5. The van der Waals surface area contributed by atoms with Gasteiger partial charge in [-0.3, -0.25) is 0 Å². The number of hydrogen-bond donors (Lipinski definition) is 0. The summed E-state index contributed by atoms with van der Waals surface area (Å²) in [6.07, 6.45) is 6.92. The maximum Gasteiger partial charge on any atom is 0.127 e. The SMILES string of the molecule is COc1ccc(OC2=CCCCC2)cc1. The molecule has 0 aromatic heterocycles. The Morgan fingerprint density at radius 2 is 1.73 bits per heavy atom. The van der Waals surface area contributed by atoms with Crippen LogP contribution in [0.2, 0.25) is 0 Å². The fraction of sp³-hybridized carbons (Fsp3) is 0.385. The predicted octanol–water partition coefficient (Wildman–Crippen LogP) is 3.53. The van der Waals surface area contributed by atoms with E-state index in [1.165, 1.54) is 12.8 Å². The molecule has 0 unspecified atom stereocenters. The highest BCUT2D eigenvalue weighted by Crippen LogP contribution is 2.23. The molecule has 0 saturated heterocycles. The zero-order valence-electron chi connectivity index (χ0n) is 9.03. The quantitative estimate of drug-likeness (QED) is 0.749. The van der Waals surface area contributed by atoms with Gasteiger partial charge < -0.3 is 9.47 Å². The molecule has 80 valence electrons. The molecular weight excluding hydrogens is 188 g/mol. The van der Waals surface area contributed by atoms with E-state index in [4.69, 9.17) is 9.47 Å². The number of allylic oxidation sites excluding steroid dienone is 2. The molecule has 0 amide bonds. The van der Waals surface area contributed by atoms with E-state index in [0.717, 1.165) is 30.1 Å². The average molecular weight is 204 g/mol. The lowest BCUT2D eigenvalue weighted by Gasteiger charge is -2.14. The highest BCUT2D eigenvalue weighted by Gasteiger charge is 2.05. The summed E-state index contributed by atoms with van der Waals surface area (Å²) in [5, 5.41) is 0. The molecule has 0 radical (unpaired) electrons. The van der Waals surface area contributed by atoms with Crippen molar-refractivity contribution < 1.29 is 9.47 Å². The standard InChI is InChI=1S/C13H16O2/c1-14-11-7-9-13(10-8-11)15-12-5-3-2-4-6-12/h5,7-10H,2-4,6H2,1H3. The molecule has 0 fully saturated rings. The first-order chi connectivity index (χ1) is 7.38. The Morgan fingerprint density at radius 3 is 2.33 bits per heavy atom. The summed E-state index contributed by atoms with van der Waals surface area (Å²) >= 11 is 0. The normalized spacial score (nSPS) is 15.7. The van der Waals surface area contributed by atoms with Crippen molar-refractivity contribution in [3.8, 4) is 11.5 Å². The number of benzene rings is 1. The molecule has 1 aromatic rings. The summed E-state index contributed by atoms with van der Waals surface area (Å²) in [6.45, 7) is 0. The van der Waals surface area contributed by atoms with Gasteiger partial charge in [0.15, 0.2) is 0 Å². The lowest BCUT2D eigenvalue weighted by atomic mass is 10.1. The third kappa shape index (κ3) is 2.75. The van der Waals surface area contributed by atoms with Crippen LogP contribution in [0.25, 0.3) is 0 Å². The van der Waals surface area contributed by atoms with E-state index in [1.54, 1.807) is 7.11 Å². The maximum absolute atomic E-state index is 5.76. The van der Waals surface area contributed by atoms with Crippen LogP contribution in [0.1, 0.15) is 25.7 Å². The molecule has 15 heavy (non-hydrogen) atoms. The largest absolute Gasteiger partial charge is 0.497 e. The summed E-state index contributed by atoms with van der Waals surface area (Å²) < 4.78 is 10.8. The summed E-state index contributed by atoms with van der Waals surface area (Å²) in [5.74, 6) is 2.86. The van der Waals surface area contributed by atoms with Gasteiger partial charge in [0.05, 0.1) is 7.11 Å². The minimum atomic E-state index is 0.861. The zero-order valence-corrected chi connectivity index (χ0v) is 9.03. The van der Waals surface area contributed by atoms with Crippen LogP contribution in [0.15, 0.2) is 36.1 Å². The lowest BCUT2D eigenvalue weighted by molar-refractivity contribution is 0.381. The third-order valence-electron chi connectivity index (χ3n) is 2.56. The van der Waals surface area contributed by atoms with E-state index in [0.29, 0.717) is 0 Å². The molecule has 1 aliphatic carbocycles. The Labute approximate surface area is 90.5 Å². The van der Waals surface area contributed by atoms with Crippen molar-refractivity contribution in [2.45, 2.75) is 25.7 Å². The van der Waals surface area contributed by atoms with Gasteiger partial charge in [-0.2, -0.15) is 0 Å². The van der Waals surface area contributed by atoms with Crippen LogP contribution in [0, 0.1) is 0 Å². The average Bonchev–Trinajstić information content (AvgIpc) is 2.31. The van der Waals surface area contributed by atoms with Crippen LogP contribution in [-0.4, -0.2) is 7.11 Å². The van der Waals surface area contributed by atoms with Crippen LogP contribution < -0.4 is 9.47 Å². The molecule has 0 heterocycles. The Morgan fingerprint density at radius 1 is 1.00 bits per heavy atom.